The number of hydrogen-bond acceptors (Lipinski definition) is 6. The van der Waals surface area contributed by atoms with Gasteiger partial charge in [-0.25, -0.2) is 4.79 Å². The predicted molar refractivity (Wildman–Crippen MR) is 147 cm³/mol. The first-order chi connectivity index (χ1) is 18.0. The highest BCUT2D eigenvalue weighted by Gasteiger charge is 2.38. The van der Waals surface area contributed by atoms with E-state index >= 15 is 0 Å². The molecule has 1 aliphatic carbocycles. The highest BCUT2D eigenvalue weighted by atomic mass is 32.2. The number of rotatable bonds is 9. The Balaban J connectivity index is 1.68. The number of nitrogens with one attached hydrogen (secondary N) is 2. The van der Waals surface area contributed by atoms with Crippen LogP contribution in [-0.4, -0.2) is 70.1 Å². The summed E-state index contributed by atoms with van der Waals surface area (Å²) in [6.45, 7) is 6.07. The van der Waals surface area contributed by atoms with Crippen molar-refractivity contribution in [3.8, 4) is 0 Å². The van der Waals surface area contributed by atoms with Crippen molar-refractivity contribution >= 4 is 35.6 Å². The van der Waals surface area contributed by atoms with Crippen molar-refractivity contribution in [2.45, 2.75) is 83.5 Å². The van der Waals surface area contributed by atoms with Crippen molar-refractivity contribution in [1.29, 1.82) is 0 Å². The van der Waals surface area contributed by atoms with Crippen LogP contribution in [0.2, 0.25) is 0 Å². The Morgan fingerprint density at radius 2 is 1.76 bits per heavy atom. The number of carbonyl (C=O) groups excluding carboxylic acids is 3. The third-order valence-electron chi connectivity index (χ3n) is 7.18. The maximum atomic E-state index is 13.6. The monoisotopic (exact) mass is 547 g/mol. The molecule has 2 atom stereocenters. The molecule has 3 N–H and O–H groups in total. The van der Waals surface area contributed by atoms with Crippen molar-refractivity contribution in [3.63, 3.8) is 0 Å². The molecular formula is C28H41N3O6S. The second-order valence-corrected chi connectivity index (χ2v) is 12.2. The van der Waals surface area contributed by atoms with Gasteiger partial charge >= 0.3 is 12.1 Å². The van der Waals surface area contributed by atoms with Gasteiger partial charge in [0.05, 0.1) is 12.5 Å². The number of thioether (sulfide) groups is 1. The third kappa shape index (κ3) is 8.38. The Hall–Kier alpha value is -2.75. The summed E-state index contributed by atoms with van der Waals surface area (Å²) in [6, 6.07) is 6.19. The second-order valence-electron chi connectivity index (χ2n) is 11.2. The molecule has 1 aromatic carbocycles. The Morgan fingerprint density at radius 3 is 2.37 bits per heavy atom. The van der Waals surface area contributed by atoms with Crippen molar-refractivity contribution in [1.82, 2.24) is 15.5 Å². The van der Waals surface area contributed by atoms with Gasteiger partial charge in [-0.15, -0.1) is 0 Å². The molecule has 1 aliphatic heterocycles. The molecule has 210 valence electrons. The van der Waals surface area contributed by atoms with Crippen LogP contribution in [0.5, 0.6) is 0 Å². The van der Waals surface area contributed by atoms with E-state index in [-0.39, 0.29) is 30.2 Å². The Morgan fingerprint density at radius 1 is 1.11 bits per heavy atom. The molecule has 0 spiro atoms. The molecule has 0 saturated heterocycles. The number of carboxylic acids is 1. The number of carboxylic acid groups (broad SMARTS) is 1. The minimum Gasteiger partial charge on any atom is -0.481 e. The molecule has 3 amide bonds. The van der Waals surface area contributed by atoms with E-state index in [2.05, 4.69) is 10.6 Å². The van der Waals surface area contributed by atoms with Gasteiger partial charge in [0.15, 0.2) is 0 Å². The largest absolute Gasteiger partial charge is 0.481 e. The molecule has 9 nitrogen and oxygen atoms in total. The molecule has 0 unspecified atom stereocenters. The highest BCUT2D eigenvalue weighted by Crippen LogP contribution is 2.29. The van der Waals surface area contributed by atoms with Crippen LogP contribution in [-0.2, 0) is 32.1 Å². The highest BCUT2D eigenvalue weighted by molar-refractivity contribution is 7.98. The minimum atomic E-state index is -0.796. The molecule has 3 rings (SSSR count). The SMILES string of the molecule is CSCC[C@H](NC(=O)[C@@H]1Cc2ccccc2CN1C(=O)OC(C)(C)C)C(=O)NCC1CCC(C(=O)O)CC1. The topological polar surface area (TPSA) is 125 Å². The Kier molecular flexibility index (Phi) is 10.5. The maximum Gasteiger partial charge on any atom is 0.411 e. The molecule has 0 radical (unpaired) electrons. The van der Waals surface area contributed by atoms with Crippen LogP contribution < -0.4 is 10.6 Å². The number of aliphatic carboxylic acids is 1. The van der Waals surface area contributed by atoms with E-state index in [0.717, 1.165) is 24.0 Å². The quantitative estimate of drug-likeness (QED) is 0.431. The summed E-state index contributed by atoms with van der Waals surface area (Å²) < 4.78 is 5.61. The van der Waals surface area contributed by atoms with Gasteiger partial charge in [-0.3, -0.25) is 19.3 Å². The third-order valence-corrected chi connectivity index (χ3v) is 7.83. The molecule has 0 aromatic heterocycles. The van der Waals surface area contributed by atoms with Gasteiger partial charge in [0.2, 0.25) is 11.8 Å². The number of benzene rings is 1. The smallest absolute Gasteiger partial charge is 0.411 e. The second kappa shape index (κ2) is 13.4. The summed E-state index contributed by atoms with van der Waals surface area (Å²) in [5.41, 5.74) is 1.26. The zero-order valence-electron chi connectivity index (χ0n) is 22.8. The summed E-state index contributed by atoms with van der Waals surface area (Å²) in [7, 11) is 0. The van der Waals surface area contributed by atoms with E-state index < -0.39 is 29.7 Å². The first kappa shape index (κ1) is 29.8. The van der Waals surface area contributed by atoms with Crippen molar-refractivity contribution in [2.75, 3.05) is 18.6 Å². The summed E-state index contributed by atoms with van der Waals surface area (Å²) in [5, 5.41) is 15.1. The van der Waals surface area contributed by atoms with E-state index in [9.17, 15) is 24.3 Å². The molecule has 10 heteroatoms. The summed E-state index contributed by atoms with van der Waals surface area (Å²) in [6.07, 6.45) is 4.93. The van der Waals surface area contributed by atoms with Crippen LogP contribution in [0.3, 0.4) is 0 Å². The predicted octanol–water partition coefficient (Wildman–Crippen LogP) is 3.59. The first-order valence-corrected chi connectivity index (χ1v) is 14.7. The summed E-state index contributed by atoms with van der Waals surface area (Å²) in [4.78, 5) is 52.5. The van der Waals surface area contributed by atoms with Crippen LogP contribution in [0.25, 0.3) is 0 Å². The number of ether oxygens (including phenoxy) is 1. The number of carbonyl (C=O) groups is 4. The molecule has 1 fully saturated rings. The lowest BCUT2D eigenvalue weighted by Gasteiger charge is -2.37. The van der Waals surface area contributed by atoms with E-state index in [1.165, 1.54) is 4.90 Å². The van der Waals surface area contributed by atoms with Gasteiger partial charge < -0.3 is 20.5 Å². The standard InChI is InChI=1S/C28H41N3O6S/c1-28(2,3)37-27(36)31-17-21-8-6-5-7-20(21)15-23(31)25(33)30-22(13-14-38-4)24(32)29-16-18-9-11-19(12-10-18)26(34)35/h5-8,18-19,22-23H,9-17H2,1-4H3,(H,29,32)(H,30,33)(H,34,35)/t18?,19?,22-,23-/m0/s1. The molecule has 1 aromatic rings. The van der Waals surface area contributed by atoms with E-state index in [1.807, 2.05) is 30.5 Å². The van der Waals surface area contributed by atoms with Gasteiger partial charge in [0, 0.05) is 13.0 Å². The first-order valence-electron chi connectivity index (χ1n) is 13.3. The Labute approximate surface area is 229 Å². The number of nitrogens with zero attached hydrogens (tertiary/aromatic N) is 1. The van der Waals surface area contributed by atoms with Gasteiger partial charge in [-0.05, 0) is 81.9 Å². The molecule has 1 saturated carbocycles. The Bertz CT molecular complexity index is 1000. The molecule has 2 aliphatic rings. The number of fused-ring (bicyclic) bond motifs is 1. The average molecular weight is 548 g/mol. The van der Waals surface area contributed by atoms with Crippen molar-refractivity contribution < 1.29 is 29.0 Å². The van der Waals surface area contributed by atoms with E-state index in [0.29, 0.717) is 38.0 Å². The lowest BCUT2D eigenvalue weighted by atomic mass is 9.82. The van der Waals surface area contributed by atoms with E-state index in [4.69, 9.17) is 4.74 Å². The molecular weight excluding hydrogens is 506 g/mol. The minimum absolute atomic E-state index is 0.226. The van der Waals surface area contributed by atoms with Crippen LogP contribution >= 0.6 is 11.8 Å². The zero-order chi connectivity index (χ0) is 27.9. The van der Waals surface area contributed by atoms with Crippen LogP contribution in [0.4, 0.5) is 4.79 Å². The molecule has 0 bridgehead atoms. The van der Waals surface area contributed by atoms with Crippen LogP contribution in [0.15, 0.2) is 24.3 Å². The van der Waals surface area contributed by atoms with Crippen molar-refractivity contribution in [3.05, 3.63) is 35.4 Å². The summed E-state index contributed by atoms with van der Waals surface area (Å²) >= 11 is 1.59. The van der Waals surface area contributed by atoms with E-state index in [1.54, 1.807) is 32.5 Å². The normalized spacial score (nSPS) is 22.1. The van der Waals surface area contributed by atoms with Gasteiger partial charge in [-0.2, -0.15) is 11.8 Å². The number of amides is 3. The number of hydrogen-bond donors (Lipinski definition) is 3. The zero-order valence-corrected chi connectivity index (χ0v) is 23.6. The van der Waals surface area contributed by atoms with Gasteiger partial charge in [-0.1, -0.05) is 24.3 Å². The maximum absolute atomic E-state index is 13.6. The average Bonchev–Trinajstić information content (AvgIpc) is 2.87. The fourth-order valence-electron chi connectivity index (χ4n) is 5.02. The lowest BCUT2D eigenvalue weighted by molar-refractivity contribution is -0.143. The summed E-state index contributed by atoms with van der Waals surface area (Å²) in [5.74, 6) is -0.779. The lowest BCUT2D eigenvalue weighted by Crippen LogP contribution is -2.57. The van der Waals surface area contributed by atoms with Gasteiger partial charge in [0.1, 0.15) is 17.7 Å². The fraction of sp³-hybridized carbons (Fsp3) is 0.643. The van der Waals surface area contributed by atoms with Crippen molar-refractivity contribution in [2.24, 2.45) is 11.8 Å². The van der Waals surface area contributed by atoms with Crippen LogP contribution in [0, 0.1) is 11.8 Å². The molecule has 38 heavy (non-hydrogen) atoms. The fourth-order valence-corrected chi connectivity index (χ4v) is 5.50. The van der Waals surface area contributed by atoms with Crippen LogP contribution in [0.1, 0.15) is 64.0 Å². The molecule has 1 heterocycles. The van der Waals surface area contributed by atoms with Gasteiger partial charge in [0.25, 0.3) is 0 Å².